The summed E-state index contributed by atoms with van der Waals surface area (Å²) in [6.07, 6.45) is 2.48. The van der Waals surface area contributed by atoms with E-state index >= 15 is 0 Å². The van der Waals surface area contributed by atoms with Gasteiger partial charge < -0.3 is 0 Å². The van der Waals surface area contributed by atoms with Crippen LogP contribution in [-0.2, 0) is 6.54 Å². The Bertz CT molecular complexity index is 993. The zero-order valence-corrected chi connectivity index (χ0v) is 17.8. The van der Waals surface area contributed by atoms with Gasteiger partial charge >= 0.3 is 0 Å². The van der Waals surface area contributed by atoms with Crippen LogP contribution in [0.5, 0.6) is 0 Å². The minimum Gasteiger partial charge on any atom is -0.296 e. The number of aromatic nitrogens is 3. The summed E-state index contributed by atoms with van der Waals surface area (Å²) < 4.78 is 2.10. The van der Waals surface area contributed by atoms with Gasteiger partial charge in [0.05, 0.1) is 12.3 Å². The molecule has 0 unspecified atom stereocenters. The zero-order chi connectivity index (χ0) is 20.2. The van der Waals surface area contributed by atoms with Gasteiger partial charge in [0.25, 0.3) is 0 Å². The van der Waals surface area contributed by atoms with Gasteiger partial charge in [0, 0.05) is 11.3 Å². The molecule has 1 aliphatic heterocycles. The van der Waals surface area contributed by atoms with Crippen LogP contribution in [0.15, 0.2) is 53.7 Å². The number of thioether (sulfide) groups is 1. The molecular weight excluding hydrogens is 380 g/mol. The highest BCUT2D eigenvalue weighted by atomic mass is 32.2. The predicted molar refractivity (Wildman–Crippen MR) is 117 cm³/mol. The molecule has 3 aromatic rings. The van der Waals surface area contributed by atoms with Crippen molar-refractivity contribution in [1.82, 2.24) is 19.7 Å². The molecule has 1 aromatic heterocycles. The third-order valence-electron chi connectivity index (χ3n) is 5.29. The van der Waals surface area contributed by atoms with Crippen molar-refractivity contribution in [3.05, 3.63) is 71.0 Å². The average molecular weight is 407 g/mol. The maximum Gasteiger partial charge on any atom is 0.196 e. The molecule has 0 radical (unpaired) electrons. The van der Waals surface area contributed by atoms with Gasteiger partial charge in [0.1, 0.15) is 0 Å². The first-order valence-corrected chi connectivity index (χ1v) is 11.1. The Morgan fingerprint density at radius 2 is 1.79 bits per heavy atom. The monoisotopic (exact) mass is 406 g/mol. The summed E-state index contributed by atoms with van der Waals surface area (Å²) >= 11 is 1.46. The van der Waals surface area contributed by atoms with E-state index in [1.807, 2.05) is 44.2 Å². The number of carbonyl (C=O) groups is 1. The third-order valence-corrected chi connectivity index (χ3v) is 6.22. The number of hydrogen-bond donors (Lipinski definition) is 0. The van der Waals surface area contributed by atoms with Gasteiger partial charge in [-0.2, -0.15) is 0 Å². The van der Waals surface area contributed by atoms with E-state index in [4.69, 9.17) is 0 Å². The van der Waals surface area contributed by atoms with Crippen molar-refractivity contribution in [1.29, 1.82) is 0 Å². The van der Waals surface area contributed by atoms with Gasteiger partial charge in [0.15, 0.2) is 16.8 Å². The van der Waals surface area contributed by atoms with E-state index in [0.717, 1.165) is 47.4 Å². The third kappa shape index (κ3) is 4.60. The number of para-hydroxylation sites is 1. The lowest BCUT2D eigenvalue weighted by molar-refractivity contribution is 0.102. The highest BCUT2D eigenvalue weighted by Crippen LogP contribution is 2.25. The molecule has 4 rings (SSSR count). The van der Waals surface area contributed by atoms with Crippen LogP contribution >= 0.6 is 11.8 Å². The lowest BCUT2D eigenvalue weighted by Crippen LogP contribution is -2.21. The standard InChI is InChI=1S/C23H26N4OS/c1-17-10-11-20(18(2)14-17)21(28)16-29-23-25-24-22(15-26-12-6-7-13-26)27(23)19-8-4-3-5-9-19/h3-5,8-11,14H,6-7,12-13,15-16H2,1-2H3. The Morgan fingerprint density at radius 3 is 2.52 bits per heavy atom. The van der Waals surface area contributed by atoms with Crippen LogP contribution < -0.4 is 0 Å². The summed E-state index contributed by atoms with van der Waals surface area (Å²) in [6.45, 7) is 7.03. The lowest BCUT2D eigenvalue weighted by Gasteiger charge is -2.16. The highest BCUT2D eigenvalue weighted by Gasteiger charge is 2.20. The average Bonchev–Trinajstić information content (AvgIpc) is 3.37. The predicted octanol–water partition coefficient (Wildman–Crippen LogP) is 4.45. The van der Waals surface area contributed by atoms with E-state index in [9.17, 15) is 4.79 Å². The Labute approximate surface area is 176 Å². The van der Waals surface area contributed by atoms with Crippen LogP contribution in [-0.4, -0.2) is 44.3 Å². The van der Waals surface area contributed by atoms with Crippen LogP contribution in [0.4, 0.5) is 0 Å². The fourth-order valence-electron chi connectivity index (χ4n) is 3.81. The number of Topliss-reactive ketones (excluding diaryl/α,β-unsaturated/α-hetero) is 1. The molecule has 29 heavy (non-hydrogen) atoms. The van der Waals surface area contributed by atoms with E-state index in [0.29, 0.717) is 5.75 Å². The Hall–Kier alpha value is -2.44. The molecule has 0 N–H and O–H groups in total. The fraction of sp³-hybridized carbons (Fsp3) is 0.348. The smallest absolute Gasteiger partial charge is 0.196 e. The molecule has 150 valence electrons. The normalized spacial score (nSPS) is 14.4. The molecule has 1 aliphatic rings. The highest BCUT2D eigenvalue weighted by molar-refractivity contribution is 7.99. The summed E-state index contributed by atoms with van der Waals surface area (Å²) in [5.41, 5.74) is 4.01. The summed E-state index contributed by atoms with van der Waals surface area (Å²) in [5, 5.41) is 9.68. The first-order chi connectivity index (χ1) is 14.1. The van der Waals surface area contributed by atoms with Gasteiger partial charge in [-0.1, -0.05) is 53.7 Å². The number of rotatable bonds is 7. The van der Waals surface area contributed by atoms with Crippen molar-refractivity contribution in [2.75, 3.05) is 18.8 Å². The molecule has 5 nitrogen and oxygen atoms in total. The Morgan fingerprint density at radius 1 is 1.03 bits per heavy atom. The van der Waals surface area contributed by atoms with Gasteiger partial charge in [0.2, 0.25) is 0 Å². The quantitative estimate of drug-likeness (QED) is 0.428. The first kappa shape index (κ1) is 19.9. The van der Waals surface area contributed by atoms with Crippen molar-refractivity contribution in [3.63, 3.8) is 0 Å². The number of aryl methyl sites for hydroxylation is 2. The van der Waals surface area contributed by atoms with Crippen molar-refractivity contribution in [2.24, 2.45) is 0 Å². The molecule has 0 aliphatic carbocycles. The molecule has 0 bridgehead atoms. The number of ketones is 1. The molecule has 2 aromatic carbocycles. The molecule has 2 heterocycles. The second-order valence-corrected chi connectivity index (χ2v) is 8.53. The number of benzene rings is 2. The van der Waals surface area contributed by atoms with Gasteiger partial charge in [-0.05, 0) is 57.5 Å². The van der Waals surface area contributed by atoms with Crippen LogP contribution in [0.1, 0.15) is 40.2 Å². The van der Waals surface area contributed by atoms with Crippen LogP contribution in [0.2, 0.25) is 0 Å². The molecular formula is C23H26N4OS. The van der Waals surface area contributed by atoms with Gasteiger partial charge in [-0.15, -0.1) is 10.2 Å². The minimum atomic E-state index is 0.121. The second-order valence-electron chi connectivity index (χ2n) is 7.58. The molecule has 0 amide bonds. The van der Waals surface area contributed by atoms with E-state index in [2.05, 4.69) is 37.9 Å². The number of carbonyl (C=O) groups excluding carboxylic acids is 1. The molecule has 0 saturated carbocycles. The maximum atomic E-state index is 12.8. The first-order valence-electron chi connectivity index (χ1n) is 10.1. The van der Waals surface area contributed by atoms with Crippen LogP contribution in [0, 0.1) is 13.8 Å². The molecule has 1 fully saturated rings. The van der Waals surface area contributed by atoms with Crippen molar-refractivity contribution in [2.45, 2.75) is 38.4 Å². The molecule has 1 saturated heterocycles. The summed E-state index contributed by atoms with van der Waals surface area (Å²) in [5.74, 6) is 1.40. The zero-order valence-electron chi connectivity index (χ0n) is 17.0. The van der Waals surface area contributed by atoms with E-state index in [1.54, 1.807) is 0 Å². The summed E-state index contributed by atoms with van der Waals surface area (Å²) in [4.78, 5) is 15.2. The largest absolute Gasteiger partial charge is 0.296 e. The van der Waals surface area contributed by atoms with E-state index in [-0.39, 0.29) is 5.78 Å². The van der Waals surface area contributed by atoms with E-state index in [1.165, 1.54) is 30.2 Å². The van der Waals surface area contributed by atoms with Crippen LogP contribution in [0.3, 0.4) is 0 Å². The molecule has 0 atom stereocenters. The second kappa shape index (κ2) is 8.93. The maximum absolute atomic E-state index is 12.8. The molecule has 0 spiro atoms. The van der Waals surface area contributed by atoms with Crippen molar-refractivity contribution in [3.8, 4) is 5.69 Å². The topological polar surface area (TPSA) is 51.0 Å². The van der Waals surface area contributed by atoms with Crippen molar-refractivity contribution < 1.29 is 4.79 Å². The Balaban J connectivity index is 1.56. The van der Waals surface area contributed by atoms with Gasteiger partial charge in [-0.3, -0.25) is 14.3 Å². The summed E-state index contributed by atoms with van der Waals surface area (Å²) in [6, 6.07) is 16.1. The number of nitrogens with zero attached hydrogens (tertiary/aromatic N) is 4. The Kier molecular flexibility index (Phi) is 6.11. The number of hydrogen-bond acceptors (Lipinski definition) is 5. The summed E-state index contributed by atoms with van der Waals surface area (Å²) in [7, 11) is 0. The van der Waals surface area contributed by atoms with Crippen molar-refractivity contribution >= 4 is 17.5 Å². The van der Waals surface area contributed by atoms with Crippen LogP contribution in [0.25, 0.3) is 5.69 Å². The van der Waals surface area contributed by atoms with E-state index < -0.39 is 0 Å². The lowest BCUT2D eigenvalue weighted by atomic mass is 10.0. The van der Waals surface area contributed by atoms with Gasteiger partial charge in [-0.25, -0.2) is 0 Å². The minimum absolute atomic E-state index is 0.121. The SMILES string of the molecule is Cc1ccc(C(=O)CSc2nnc(CN3CCCC3)n2-c2ccccc2)c(C)c1. The fourth-order valence-corrected chi connectivity index (χ4v) is 4.66. The molecule has 6 heteroatoms. The number of likely N-dealkylation sites (tertiary alicyclic amines) is 1.